The number of benzene rings is 2. The van der Waals surface area contributed by atoms with Crippen LogP contribution in [0.25, 0.3) is 0 Å². The number of fused-ring (bicyclic) bond motifs is 1. The molecule has 1 aliphatic rings. The van der Waals surface area contributed by atoms with E-state index in [0.29, 0.717) is 17.8 Å². The SMILES string of the molecule is CC1=C(C(=O)O)C(c2cccc([N+](=O)[O-])c2)Sc2ccccc2N1CCN(C)C. The molecule has 0 saturated carbocycles. The Balaban J connectivity index is 2.18. The summed E-state index contributed by atoms with van der Waals surface area (Å²) < 4.78 is 0. The average molecular weight is 413 g/mol. The Morgan fingerprint density at radius 2 is 1.97 bits per heavy atom. The van der Waals surface area contributed by atoms with E-state index in [4.69, 9.17) is 0 Å². The number of nitro groups is 1. The molecule has 0 bridgehead atoms. The number of carbonyl (C=O) groups is 1. The van der Waals surface area contributed by atoms with Crippen molar-refractivity contribution < 1.29 is 14.8 Å². The van der Waals surface area contributed by atoms with Crippen LogP contribution in [-0.2, 0) is 4.79 Å². The number of non-ortho nitro benzene ring substituents is 1. The number of hydrogen-bond acceptors (Lipinski definition) is 6. The molecule has 152 valence electrons. The number of aliphatic carboxylic acids is 1. The van der Waals surface area contributed by atoms with Crippen molar-refractivity contribution in [1.29, 1.82) is 0 Å². The molecule has 29 heavy (non-hydrogen) atoms. The molecular weight excluding hydrogens is 390 g/mol. The molecule has 1 heterocycles. The van der Waals surface area contributed by atoms with Gasteiger partial charge < -0.3 is 14.9 Å². The molecule has 1 N–H and O–H groups in total. The number of allylic oxidation sites excluding steroid dienone is 1. The van der Waals surface area contributed by atoms with E-state index in [1.54, 1.807) is 12.1 Å². The van der Waals surface area contributed by atoms with Crippen molar-refractivity contribution in [3.63, 3.8) is 0 Å². The molecule has 0 aromatic heterocycles. The Labute approximate surface area is 173 Å². The van der Waals surface area contributed by atoms with Crippen LogP contribution in [0.1, 0.15) is 17.7 Å². The summed E-state index contributed by atoms with van der Waals surface area (Å²) in [6.07, 6.45) is 0. The second kappa shape index (κ2) is 8.67. The quantitative estimate of drug-likeness (QED) is 0.562. The zero-order valence-electron chi connectivity index (χ0n) is 16.5. The highest BCUT2D eigenvalue weighted by molar-refractivity contribution is 8.00. The van der Waals surface area contributed by atoms with Gasteiger partial charge in [0.25, 0.3) is 5.69 Å². The zero-order valence-corrected chi connectivity index (χ0v) is 17.3. The molecule has 0 radical (unpaired) electrons. The van der Waals surface area contributed by atoms with Crippen molar-refractivity contribution in [3.05, 3.63) is 75.5 Å². The molecule has 0 fully saturated rings. The number of hydrogen-bond donors (Lipinski definition) is 1. The summed E-state index contributed by atoms with van der Waals surface area (Å²) in [7, 11) is 3.95. The van der Waals surface area contributed by atoms with Crippen LogP contribution >= 0.6 is 11.8 Å². The van der Waals surface area contributed by atoms with Crippen LogP contribution in [0.5, 0.6) is 0 Å². The Morgan fingerprint density at radius 3 is 2.62 bits per heavy atom. The van der Waals surface area contributed by atoms with Gasteiger partial charge in [0.05, 0.1) is 21.4 Å². The van der Waals surface area contributed by atoms with Gasteiger partial charge in [-0.2, -0.15) is 0 Å². The topological polar surface area (TPSA) is 86.9 Å². The number of likely N-dealkylation sites (N-methyl/N-ethyl adjacent to an activating group) is 1. The summed E-state index contributed by atoms with van der Waals surface area (Å²) in [5.74, 6) is -1.02. The van der Waals surface area contributed by atoms with E-state index in [1.807, 2.05) is 55.1 Å². The molecule has 0 spiro atoms. The first-order valence-corrected chi connectivity index (χ1v) is 10.0. The van der Waals surface area contributed by atoms with Gasteiger partial charge in [-0.25, -0.2) is 4.79 Å². The van der Waals surface area contributed by atoms with Gasteiger partial charge in [-0.15, -0.1) is 11.8 Å². The third-order valence-corrected chi connectivity index (χ3v) is 6.19. The minimum absolute atomic E-state index is 0.0486. The highest BCUT2D eigenvalue weighted by Crippen LogP contribution is 2.49. The number of rotatable bonds is 6. The predicted molar refractivity (Wildman–Crippen MR) is 114 cm³/mol. The van der Waals surface area contributed by atoms with Crippen LogP contribution in [-0.4, -0.2) is 48.1 Å². The van der Waals surface area contributed by atoms with E-state index in [2.05, 4.69) is 0 Å². The number of nitrogens with zero attached hydrogens (tertiary/aromatic N) is 3. The minimum Gasteiger partial charge on any atom is -0.478 e. The maximum atomic E-state index is 12.3. The van der Waals surface area contributed by atoms with Gasteiger partial charge in [0, 0.05) is 35.8 Å². The molecule has 2 aromatic carbocycles. The number of nitro benzene ring substituents is 1. The monoisotopic (exact) mass is 413 g/mol. The fourth-order valence-corrected chi connectivity index (χ4v) is 4.75. The number of thioether (sulfide) groups is 1. The van der Waals surface area contributed by atoms with Gasteiger partial charge in [0.1, 0.15) is 0 Å². The van der Waals surface area contributed by atoms with E-state index in [-0.39, 0.29) is 11.3 Å². The smallest absolute Gasteiger partial charge is 0.334 e. The molecule has 1 unspecified atom stereocenters. The average Bonchev–Trinajstić information content (AvgIpc) is 2.80. The van der Waals surface area contributed by atoms with E-state index >= 15 is 0 Å². The molecule has 0 saturated heterocycles. The Hall–Kier alpha value is -2.84. The van der Waals surface area contributed by atoms with E-state index < -0.39 is 16.1 Å². The van der Waals surface area contributed by atoms with Crippen LogP contribution in [0.4, 0.5) is 11.4 Å². The largest absolute Gasteiger partial charge is 0.478 e. The van der Waals surface area contributed by atoms with Crippen molar-refractivity contribution >= 4 is 29.1 Å². The maximum absolute atomic E-state index is 12.3. The lowest BCUT2D eigenvalue weighted by molar-refractivity contribution is -0.384. The first-order valence-electron chi connectivity index (χ1n) is 9.16. The van der Waals surface area contributed by atoms with Crippen LogP contribution in [0, 0.1) is 10.1 Å². The first kappa shape index (κ1) is 20.9. The normalized spacial score (nSPS) is 16.6. The first-order chi connectivity index (χ1) is 13.8. The molecular formula is C21H23N3O4S. The van der Waals surface area contributed by atoms with Crippen LogP contribution in [0.3, 0.4) is 0 Å². The minimum atomic E-state index is -1.02. The van der Waals surface area contributed by atoms with Crippen LogP contribution < -0.4 is 4.90 Å². The second-order valence-corrected chi connectivity index (χ2v) is 8.22. The molecule has 0 aliphatic carbocycles. The van der Waals surface area contributed by atoms with Gasteiger partial charge in [-0.3, -0.25) is 10.1 Å². The highest BCUT2D eigenvalue weighted by atomic mass is 32.2. The highest BCUT2D eigenvalue weighted by Gasteiger charge is 2.33. The Bertz CT molecular complexity index is 974. The molecule has 8 heteroatoms. The lowest BCUT2D eigenvalue weighted by atomic mass is 10.0. The number of carboxylic acid groups (broad SMARTS) is 1. The summed E-state index contributed by atoms with van der Waals surface area (Å²) in [4.78, 5) is 28.1. The van der Waals surface area contributed by atoms with Gasteiger partial charge >= 0.3 is 5.97 Å². The van der Waals surface area contributed by atoms with Gasteiger partial charge in [-0.05, 0) is 38.7 Å². The van der Waals surface area contributed by atoms with Gasteiger partial charge in [0.2, 0.25) is 0 Å². The molecule has 7 nitrogen and oxygen atoms in total. The van der Waals surface area contributed by atoms with Crippen molar-refractivity contribution in [2.75, 3.05) is 32.1 Å². The number of anilines is 1. The predicted octanol–water partition coefficient (Wildman–Crippen LogP) is 4.17. The lowest BCUT2D eigenvalue weighted by Crippen LogP contribution is -2.32. The molecule has 3 rings (SSSR count). The molecule has 2 aromatic rings. The van der Waals surface area contributed by atoms with E-state index in [0.717, 1.165) is 17.1 Å². The van der Waals surface area contributed by atoms with Crippen molar-refractivity contribution in [2.45, 2.75) is 17.1 Å². The summed E-state index contributed by atoms with van der Waals surface area (Å²) >= 11 is 1.41. The van der Waals surface area contributed by atoms with Gasteiger partial charge in [-0.1, -0.05) is 24.3 Å². The van der Waals surface area contributed by atoms with Crippen molar-refractivity contribution in [3.8, 4) is 0 Å². The van der Waals surface area contributed by atoms with Gasteiger partial charge in [0.15, 0.2) is 0 Å². The molecule has 0 amide bonds. The number of carboxylic acids is 1. The maximum Gasteiger partial charge on any atom is 0.334 e. The molecule has 1 atom stereocenters. The standard InChI is InChI=1S/C21H23N3O4S/c1-14-19(21(25)26)20(15-7-6-8-16(13-15)24(27)28)29-18-10-5-4-9-17(18)23(14)12-11-22(2)3/h4-10,13,20H,11-12H2,1-3H3,(H,25,26). The Kier molecular flexibility index (Phi) is 6.24. The lowest BCUT2D eigenvalue weighted by Gasteiger charge is -2.28. The third kappa shape index (κ3) is 4.44. The fraction of sp³-hybridized carbons (Fsp3) is 0.286. The van der Waals surface area contributed by atoms with Crippen LogP contribution in [0.2, 0.25) is 0 Å². The van der Waals surface area contributed by atoms with Crippen molar-refractivity contribution in [1.82, 2.24) is 4.90 Å². The molecule has 1 aliphatic heterocycles. The van der Waals surface area contributed by atoms with Crippen molar-refractivity contribution in [2.24, 2.45) is 0 Å². The second-order valence-electron chi connectivity index (χ2n) is 7.08. The zero-order chi connectivity index (χ0) is 21.1. The summed E-state index contributed by atoms with van der Waals surface area (Å²) in [5, 5.41) is 20.8. The fourth-order valence-electron chi connectivity index (χ4n) is 3.37. The summed E-state index contributed by atoms with van der Waals surface area (Å²) in [5.41, 5.74) is 2.39. The Morgan fingerprint density at radius 1 is 1.24 bits per heavy atom. The van der Waals surface area contributed by atoms with Crippen LogP contribution in [0.15, 0.2) is 64.7 Å². The van der Waals surface area contributed by atoms with E-state index in [1.165, 1.54) is 23.9 Å². The van der Waals surface area contributed by atoms with E-state index in [9.17, 15) is 20.0 Å². The third-order valence-electron chi connectivity index (χ3n) is 4.84. The number of para-hydroxylation sites is 1. The summed E-state index contributed by atoms with van der Waals surface area (Å²) in [6.45, 7) is 3.20. The summed E-state index contributed by atoms with van der Waals surface area (Å²) in [6, 6.07) is 14.0.